The average molecular weight is 341 g/mol. The second-order valence-corrected chi connectivity index (χ2v) is 6.86. The van der Waals surface area contributed by atoms with Crippen LogP contribution in [0.4, 0.5) is 10.2 Å². The molecule has 0 amide bonds. The van der Waals surface area contributed by atoms with Crippen LogP contribution in [0, 0.1) is 12.7 Å². The molecule has 1 heterocycles. The van der Waals surface area contributed by atoms with E-state index in [1.165, 1.54) is 30.8 Å². The second kappa shape index (κ2) is 6.57. The van der Waals surface area contributed by atoms with Crippen LogP contribution in [0.1, 0.15) is 24.6 Å². The van der Waals surface area contributed by atoms with E-state index < -0.39 is 15.8 Å². The van der Waals surface area contributed by atoms with Crippen LogP contribution >= 0.6 is 0 Å². The normalized spacial score (nSPS) is 11.5. The summed E-state index contributed by atoms with van der Waals surface area (Å²) in [4.78, 5) is -0.131. The number of aromatic nitrogens is 2. The molecule has 6 nitrogen and oxygen atoms in total. The van der Waals surface area contributed by atoms with E-state index >= 15 is 0 Å². The van der Waals surface area contributed by atoms with E-state index in [9.17, 15) is 12.8 Å². The summed E-state index contributed by atoms with van der Waals surface area (Å²) in [6.07, 6.45) is 1.66. The van der Waals surface area contributed by atoms with Gasteiger partial charge >= 0.3 is 0 Å². The summed E-state index contributed by atoms with van der Waals surface area (Å²) in [5, 5.41) is 4.24. The number of halogens is 1. The van der Waals surface area contributed by atoms with Crippen LogP contribution in [0.3, 0.4) is 0 Å². The van der Waals surface area contributed by atoms with Crippen LogP contribution in [-0.2, 0) is 23.5 Å². The quantitative estimate of drug-likeness (QED) is 0.876. The highest BCUT2D eigenvalue weighted by molar-refractivity contribution is 7.92. The molecule has 0 radical (unpaired) electrons. The van der Waals surface area contributed by atoms with Crippen LogP contribution in [0.15, 0.2) is 23.1 Å². The minimum Gasteiger partial charge on any atom is -0.494 e. The maximum absolute atomic E-state index is 14.1. The number of rotatable bonds is 6. The van der Waals surface area contributed by atoms with Gasteiger partial charge in [-0.3, -0.25) is 9.40 Å². The van der Waals surface area contributed by atoms with Gasteiger partial charge in [-0.15, -0.1) is 0 Å². The number of aryl methyl sites for hydroxylation is 2. The third kappa shape index (κ3) is 3.47. The van der Waals surface area contributed by atoms with Crippen molar-refractivity contribution >= 4 is 15.8 Å². The molecule has 0 spiro atoms. The topological polar surface area (TPSA) is 73.2 Å². The molecule has 2 rings (SSSR count). The molecule has 1 aromatic heterocycles. The number of nitrogens with one attached hydrogen (secondary N) is 1. The van der Waals surface area contributed by atoms with E-state index in [0.29, 0.717) is 5.82 Å². The summed E-state index contributed by atoms with van der Waals surface area (Å²) in [6.45, 7) is 3.42. The van der Waals surface area contributed by atoms with Gasteiger partial charge in [0.2, 0.25) is 0 Å². The maximum Gasteiger partial charge on any atom is 0.263 e. The summed E-state index contributed by atoms with van der Waals surface area (Å²) in [5.41, 5.74) is 0.804. The molecule has 0 fully saturated rings. The van der Waals surface area contributed by atoms with Gasteiger partial charge in [0.05, 0.1) is 17.7 Å². The molecule has 0 aliphatic carbocycles. The largest absolute Gasteiger partial charge is 0.494 e. The molecular formula is C15H20FN3O3S. The lowest BCUT2D eigenvalue weighted by Gasteiger charge is -2.12. The lowest BCUT2D eigenvalue weighted by molar-refractivity contribution is 0.384. The molecule has 0 bridgehead atoms. The Morgan fingerprint density at radius 2 is 2.09 bits per heavy atom. The van der Waals surface area contributed by atoms with Crippen molar-refractivity contribution in [3.63, 3.8) is 0 Å². The fourth-order valence-corrected chi connectivity index (χ4v) is 3.60. The Kier molecular flexibility index (Phi) is 4.93. The molecule has 1 aromatic carbocycles. The third-order valence-corrected chi connectivity index (χ3v) is 4.99. The number of methoxy groups -OCH3 is 1. The molecule has 126 valence electrons. The van der Waals surface area contributed by atoms with Crippen molar-refractivity contribution in [2.75, 3.05) is 11.8 Å². The van der Waals surface area contributed by atoms with Gasteiger partial charge in [-0.2, -0.15) is 5.10 Å². The molecule has 0 atom stereocenters. The van der Waals surface area contributed by atoms with Gasteiger partial charge in [-0.1, -0.05) is 13.3 Å². The lowest BCUT2D eigenvalue weighted by atomic mass is 10.2. The molecule has 0 saturated carbocycles. The van der Waals surface area contributed by atoms with Crippen molar-refractivity contribution in [2.24, 2.45) is 7.05 Å². The first-order valence-corrected chi connectivity index (χ1v) is 8.67. The maximum atomic E-state index is 14.1. The van der Waals surface area contributed by atoms with Gasteiger partial charge in [0.1, 0.15) is 5.82 Å². The SMILES string of the molecule is CCCc1cc(NS(=O)(=O)c2ccc(OC)c(F)c2C)n(C)n1. The van der Waals surface area contributed by atoms with Crippen molar-refractivity contribution < 1.29 is 17.5 Å². The van der Waals surface area contributed by atoms with E-state index in [2.05, 4.69) is 9.82 Å². The van der Waals surface area contributed by atoms with E-state index in [1.807, 2.05) is 6.92 Å². The van der Waals surface area contributed by atoms with E-state index in [0.717, 1.165) is 18.5 Å². The smallest absolute Gasteiger partial charge is 0.263 e. The Bertz CT molecular complexity index is 816. The zero-order valence-electron chi connectivity index (χ0n) is 13.6. The van der Waals surface area contributed by atoms with Gasteiger partial charge < -0.3 is 4.74 Å². The van der Waals surface area contributed by atoms with Crippen molar-refractivity contribution in [3.8, 4) is 5.75 Å². The fraction of sp³-hybridized carbons (Fsp3) is 0.400. The molecular weight excluding hydrogens is 321 g/mol. The minimum absolute atomic E-state index is 0.00668. The Labute approximate surface area is 135 Å². The number of nitrogens with zero attached hydrogens (tertiary/aromatic N) is 2. The summed E-state index contributed by atoms with van der Waals surface area (Å²) < 4.78 is 47.9. The Morgan fingerprint density at radius 3 is 2.70 bits per heavy atom. The molecule has 23 heavy (non-hydrogen) atoms. The first kappa shape index (κ1) is 17.3. The predicted octanol–water partition coefficient (Wildman–Crippen LogP) is 2.63. The van der Waals surface area contributed by atoms with Crippen LogP contribution in [-0.4, -0.2) is 25.3 Å². The Morgan fingerprint density at radius 1 is 1.39 bits per heavy atom. The number of hydrogen-bond acceptors (Lipinski definition) is 4. The van der Waals surface area contributed by atoms with Crippen LogP contribution in [0.25, 0.3) is 0 Å². The van der Waals surface area contributed by atoms with E-state index in [1.54, 1.807) is 13.1 Å². The fourth-order valence-electron chi connectivity index (χ4n) is 2.28. The molecule has 1 N–H and O–H groups in total. The summed E-state index contributed by atoms with van der Waals surface area (Å²) in [6, 6.07) is 4.29. The number of sulfonamides is 1. The van der Waals surface area contributed by atoms with Gasteiger partial charge in [-0.25, -0.2) is 12.8 Å². The molecule has 8 heteroatoms. The number of anilines is 1. The van der Waals surface area contributed by atoms with Crippen molar-refractivity contribution in [3.05, 3.63) is 35.3 Å². The van der Waals surface area contributed by atoms with E-state index in [-0.39, 0.29) is 16.2 Å². The molecule has 0 aliphatic rings. The monoisotopic (exact) mass is 341 g/mol. The molecule has 0 saturated heterocycles. The standard InChI is InChI=1S/C15H20FN3O3S/c1-5-6-11-9-14(19(3)17-11)18-23(20,21)13-8-7-12(22-4)15(16)10(13)2/h7-9,18H,5-6H2,1-4H3. The summed E-state index contributed by atoms with van der Waals surface area (Å²) >= 11 is 0. The Balaban J connectivity index is 2.38. The predicted molar refractivity (Wildman–Crippen MR) is 85.7 cm³/mol. The highest BCUT2D eigenvalue weighted by Crippen LogP contribution is 2.27. The number of benzene rings is 1. The van der Waals surface area contributed by atoms with Gasteiger partial charge in [0.15, 0.2) is 11.6 Å². The highest BCUT2D eigenvalue weighted by Gasteiger charge is 2.22. The average Bonchev–Trinajstić information content (AvgIpc) is 2.81. The van der Waals surface area contributed by atoms with Crippen LogP contribution in [0.2, 0.25) is 0 Å². The summed E-state index contributed by atoms with van der Waals surface area (Å²) in [7, 11) is -0.942. The number of ether oxygens (including phenoxy) is 1. The lowest BCUT2D eigenvalue weighted by Crippen LogP contribution is -2.17. The first-order valence-electron chi connectivity index (χ1n) is 7.19. The van der Waals surface area contributed by atoms with Gasteiger partial charge in [0, 0.05) is 18.7 Å². The minimum atomic E-state index is -3.92. The zero-order valence-corrected chi connectivity index (χ0v) is 14.4. The molecule has 0 unspecified atom stereocenters. The van der Waals surface area contributed by atoms with Crippen molar-refractivity contribution in [2.45, 2.75) is 31.6 Å². The third-order valence-electron chi connectivity index (χ3n) is 3.49. The highest BCUT2D eigenvalue weighted by atomic mass is 32.2. The van der Waals surface area contributed by atoms with Crippen LogP contribution in [0.5, 0.6) is 5.75 Å². The molecule has 2 aromatic rings. The van der Waals surface area contributed by atoms with Gasteiger partial charge in [-0.05, 0) is 25.5 Å². The zero-order chi connectivity index (χ0) is 17.2. The van der Waals surface area contributed by atoms with Crippen molar-refractivity contribution in [1.82, 2.24) is 9.78 Å². The first-order chi connectivity index (χ1) is 10.8. The van der Waals surface area contributed by atoms with Crippen LogP contribution < -0.4 is 9.46 Å². The second-order valence-electron chi connectivity index (χ2n) is 5.20. The number of hydrogen-bond donors (Lipinski definition) is 1. The van der Waals surface area contributed by atoms with Crippen molar-refractivity contribution in [1.29, 1.82) is 0 Å². The Hall–Kier alpha value is -2.09. The summed E-state index contributed by atoms with van der Waals surface area (Å²) in [5.74, 6) is -0.344. The van der Waals surface area contributed by atoms with E-state index in [4.69, 9.17) is 4.74 Å². The molecule has 0 aliphatic heterocycles. The van der Waals surface area contributed by atoms with Gasteiger partial charge in [0.25, 0.3) is 10.0 Å².